The molecule has 0 atom stereocenters. The molecule has 0 aliphatic heterocycles. The standard InChI is InChI=1S/C8H8N4O2S/c1-12(14-2)8(13)5-3-6-7(9-4-5)11-15-10-6/h3-4H,1-2H3. The highest BCUT2D eigenvalue weighted by Crippen LogP contribution is 2.11. The fourth-order valence-electron chi connectivity index (χ4n) is 1.07. The van der Waals surface area contributed by atoms with Gasteiger partial charge in [0.2, 0.25) is 0 Å². The number of carbonyl (C=O) groups excluding carboxylic acids is 1. The van der Waals surface area contributed by atoms with Crippen LogP contribution in [0.4, 0.5) is 0 Å². The molecule has 1 amide bonds. The molecule has 0 radical (unpaired) electrons. The van der Waals surface area contributed by atoms with Gasteiger partial charge in [0.05, 0.1) is 24.4 Å². The molecule has 0 bridgehead atoms. The SMILES string of the molecule is CON(C)C(=O)c1cnc2nsnc2c1. The van der Waals surface area contributed by atoms with Gasteiger partial charge in [-0.1, -0.05) is 0 Å². The minimum Gasteiger partial charge on any atom is -0.274 e. The van der Waals surface area contributed by atoms with E-state index in [0.29, 0.717) is 16.7 Å². The summed E-state index contributed by atoms with van der Waals surface area (Å²) in [4.78, 5) is 20.5. The Hall–Kier alpha value is -1.60. The lowest BCUT2D eigenvalue weighted by Crippen LogP contribution is -2.25. The van der Waals surface area contributed by atoms with Gasteiger partial charge in [-0.05, 0) is 6.07 Å². The molecule has 2 aromatic rings. The van der Waals surface area contributed by atoms with Crippen molar-refractivity contribution in [2.24, 2.45) is 0 Å². The topological polar surface area (TPSA) is 68.2 Å². The molecule has 0 saturated carbocycles. The van der Waals surface area contributed by atoms with E-state index in [0.717, 1.165) is 16.8 Å². The summed E-state index contributed by atoms with van der Waals surface area (Å²) in [5, 5.41) is 1.13. The predicted octanol–water partition coefficient (Wildman–Crippen LogP) is 0.720. The number of fused-ring (bicyclic) bond motifs is 1. The molecule has 0 aliphatic rings. The predicted molar refractivity (Wildman–Crippen MR) is 54.3 cm³/mol. The lowest BCUT2D eigenvalue weighted by Gasteiger charge is -2.12. The van der Waals surface area contributed by atoms with Crippen molar-refractivity contribution in [3.63, 3.8) is 0 Å². The Balaban J connectivity index is 2.39. The van der Waals surface area contributed by atoms with Crippen LogP contribution in [0.15, 0.2) is 12.3 Å². The van der Waals surface area contributed by atoms with Gasteiger partial charge in [0, 0.05) is 13.2 Å². The van der Waals surface area contributed by atoms with Crippen molar-refractivity contribution in [2.45, 2.75) is 0 Å². The van der Waals surface area contributed by atoms with E-state index in [1.165, 1.54) is 20.4 Å². The van der Waals surface area contributed by atoms with E-state index in [-0.39, 0.29) is 5.91 Å². The molecule has 15 heavy (non-hydrogen) atoms. The van der Waals surface area contributed by atoms with Crippen molar-refractivity contribution < 1.29 is 9.63 Å². The fraction of sp³-hybridized carbons (Fsp3) is 0.250. The molecule has 0 saturated heterocycles. The summed E-state index contributed by atoms with van der Waals surface area (Å²) in [5.41, 5.74) is 1.60. The van der Waals surface area contributed by atoms with E-state index in [2.05, 4.69) is 13.7 Å². The number of nitrogens with zero attached hydrogens (tertiary/aromatic N) is 4. The first kappa shape index (κ1) is 9.94. The lowest BCUT2D eigenvalue weighted by molar-refractivity contribution is -0.0757. The van der Waals surface area contributed by atoms with E-state index >= 15 is 0 Å². The minimum absolute atomic E-state index is 0.264. The molecule has 78 valence electrons. The number of amides is 1. The van der Waals surface area contributed by atoms with Gasteiger partial charge in [0.1, 0.15) is 5.52 Å². The van der Waals surface area contributed by atoms with Gasteiger partial charge >= 0.3 is 0 Å². The Labute approximate surface area is 89.8 Å². The van der Waals surface area contributed by atoms with E-state index < -0.39 is 0 Å². The van der Waals surface area contributed by atoms with Crippen LogP contribution in [0.5, 0.6) is 0 Å². The number of hydroxylamine groups is 2. The van der Waals surface area contributed by atoms with Crippen LogP contribution in [0, 0.1) is 0 Å². The van der Waals surface area contributed by atoms with Crippen molar-refractivity contribution in [1.82, 2.24) is 18.8 Å². The maximum atomic E-state index is 11.7. The summed E-state index contributed by atoms with van der Waals surface area (Å²) in [7, 11) is 2.96. The second-order valence-electron chi connectivity index (χ2n) is 2.82. The number of hydrogen-bond acceptors (Lipinski definition) is 6. The van der Waals surface area contributed by atoms with Crippen LogP contribution in [-0.4, -0.2) is 38.9 Å². The Bertz CT molecular complexity index is 498. The zero-order chi connectivity index (χ0) is 10.8. The van der Waals surface area contributed by atoms with E-state index in [9.17, 15) is 4.79 Å². The Morgan fingerprint density at radius 2 is 2.33 bits per heavy atom. The van der Waals surface area contributed by atoms with Gasteiger partial charge in [-0.2, -0.15) is 8.75 Å². The molecule has 0 N–H and O–H groups in total. The molecule has 0 unspecified atom stereocenters. The number of hydrogen-bond donors (Lipinski definition) is 0. The third kappa shape index (κ3) is 1.79. The third-order valence-corrected chi connectivity index (χ3v) is 2.45. The molecule has 7 heteroatoms. The summed E-state index contributed by atoms with van der Waals surface area (Å²) in [5.74, 6) is -0.264. The van der Waals surface area contributed by atoms with Gasteiger partial charge < -0.3 is 0 Å². The second-order valence-corrected chi connectivity index (χ2v) is 3.34. The zero-order valence-corrected chi connectivity index (χ0v) is 8.98. The third-order valence-electron chi connectivity index (χ3n) is 1.92. The smallest absolute Gasteiger partial charge is 0.274 e. The second kappa shape index (κ2) is 3.87. The number of pyridine rings is 1. The van der Waals surface area contributed by atoms with E-state index in [4.69, 9.17) is 4.84 Å². The average molecular weight is 224 g/mol. The molecule has 0 fully saturated rings. The maximum absolute atomic E-state index is 11.7. The highest BCUT2D eigenvalue weighted by atomic mass is 32.1. The van der Waals surface area contributed by atoms with Gasteiger partial charge in [0.15, 0.2) is 5.65 Å². The van der Waals surface area contributed by atoms with Crippen LogP contribution in [0.1, 0.15) is 10.4 Å². The molecule has 2 heterocycles. The largest absolute Gasteiger partial charge is 0.278 e. The molecule has 0 spiro atoms. The number of carbonyl (C=O) groups is 1. The van der Waals surface area contributed by atoms with Crippen LogP contribution >= 0.6 is 11.7 Å². The van der Waals surface area contributed by atoms with E-state index in [1.807, 2.05) is 0 Å². The van der Waals surface area contributed by atoms with Crippen LogP contribution in [0.3, 0.4) is 0 Å². The average Bonchev–Trinajstić information content (AvgIpc) is 2.73. The summed E-state index contributed by atoms with van der Waals surface area (Å²) >= 11 is 1.07. The van der Waals surface area contributed by atoms with Crippen molar-refractivity contribution in [3.8, 4) is 0 Å². The quantitative estimate of drug-likeness (QED) is 0.703. The molecular weight excluding hydrogens is 216 g/mol. The van der Waals surface area contributed by atoms with Crippen molar-refractivity contribution in [2.75, 3.05) is 14.2 Å². The van der Waals surface area contributed by atoms with E-state index in [1.54, 1.807) is 6.07 Å². The van der Waals surface area contributed by atoms with Crippen molar-refractivity contribution in [3.05, 3.63) is 17.8 Å². The Morgan fingerprint density at radius 1 is 1.53 bits per heavy atom. The van der Waals surface area contributed by atoms with Gasteiger partial charge in [0.25, 0.3) is 5.91 Å². The normalized spacial score (nSPS) is 10.5. The highest BCUT2D eigenvalue weighted by molar-refractivity contribution is 7.00. The summed E-state index contributed by atoms with van der Waals surface area (Å²) < 4.78 is 7.95. The fourth-order valence-corrected chi connectivity index (χ4v) is 1.55. The Kier molecular flexibility index (Phi) is 2.57. The molecule has 0 aliphatic carbocycles. The molecular formula is C8H8N4O2S. The van der Waals surface area contributed by atoms with Crippen LogP contribution in [0.25, 0.3) is 11.2 Å². The maximum Gasteiger partial charge on any atom is 0.278 e. The highest BCUT2D eigenvalue weighted by Gasteiger charge is 2.13. The first-order valence-corrected chi connectivity index (χ1v) is 4.86. The van der Waals surface area contributed by atoms with Crippen molar-refractivity contribution in [1.29, 1.82) is 0 Å². The van der Waals surface area contributed by atoms with Gasteiger partial charge in [-0.3, -0.25) is 9.63 Å². The molecule has 6 nitrogen and oxygen atoms in total. The zero-order valence-electron chi connectivity index (χ0n) is 8.17. The van der Waals surface area contributed by atoms with Crippen LogP contribution < -0.4 is 0 Å². The number of rotatable bonds is 2. The van der Waals surface area contributed by atoms with Gasteiger partial charge in [-0.25, -0.2) is 10.0 Å². The first-order chi connectivity index (χ1) is 7.22. The molecule has 2 rings (SSSR count). The van der Waals surface area contributed by atoms with Gasteiger partial charge in [-0.15, -0.1) is 0 Å². The number of aromatic nitrogens is 3. The molecule has 0 aromatic carbocycles. The van der Waals surface area contributed by atoms with Crippen LogP contribution in [-0.2, 0) is 4.84 Å². The summed E-state index contributed by atoms with van der Waals surface area (Å²) in [6.45, 7) is 0. The minimum atomic E-state index is -0.264. The summed E-state index contributed by atoms with van der Waals surface area (Å²) in [6.07, 6.45) is 1.46. The monoisotopic (exact) mass is 224 g/mol. The lowest BCUT2D eigenvalue weighted by atomic mass is 10.2. The molecule has 2 aromatic heterocycles. The van der Waals surface area contributed by atoms with Crippen molar-refractivity contribution >= 4 is 28.8 Å². The Morgan fingerprint density at radius 3 is 3.07 bits per heavy atom. The van der Waals surface area contributed by atoms with Crippen LogP contribution in [0.2, 0.25) is 0 Å². The summed E-state index contributed by atoms with van der Waals surface area (Å²) in [6, 6.07) is 1.64. The first-order valence-electron chi connectivity index (χ1n) is 4.13.